The van der Waals surface area contributed by atoms with Crippen molar-refractivity contribution >= 4 is 27.3 Å². The van der Waals surface area contributed by atoms with Crippen LogP contribution in [0.4, 0.5) is 11.4 Å². The highest BCUT2D eigenvalue weighted by Crippen LogP contribution is 2.61. The SMILES string of the molecule is Cc1cc2c(cc1Br)C1(C)CCCCC1(C)N2c1ccccc1. The summed E-state index contributed by atoms with van der Waals surface area (Å²) in [6.07, 6.45) is 5.18. The van der Waals surface area contributed by atoms with Gasteiger partial charge < -0.3 is 4.90 Å². The minimum absolute atomic E-state index is 0.155. The second kappa shape index (κ2) is 5.11. The predicted octanol–water partition coefficient (Wildman–Crippen LogP) is 6.50. The molecule has 0 spiro atoms. The van der Waals surface area contributed by atoms with Crippen LogP contribution >= 0.6 is 15.9 Å². The van der Waals surface area contributed by atoms with E-state index in [0.29, 0.717) is 0 Å². The zero-order valence-electron chi connectivity index (χ0n) is 14.2. The molecule has 2 aromatic rings. The summed E-state index contributed by atoms with van der Waals surface area (Å²) in [5, 5.41) is 0. The molecule has 2 heteroatoms. The molecule has 1 fully saturated rings. The van der Waals surface area contributed by atoms with Crippen molar-refractivity contribution in [3.8, 4) is 0 Å². The highest BCUT2D eigenvalue weighted by atomic mass is 79.9. The van der Waals surface area contributed by atoms with Crippen molar-refractivity contribution in [2.75, 3.05) is 4.90 Å². The Hall–Kier alpha value is -1.28. The van der Waals surface area contributed by atoms with Crippen molar-refractivity contribution in [1.29, 1.82) is 0 Å². The monoisotopic (exact) mass is 369 g/mol. The maximum absolute atomic E-state index is 3.76. The lowest BCUT2D eigenvalue weighted by Gasteiger charge is -2.50. The van der Waals surface area contributed by atoms with E-state index < -0.39 is 0 Å². The molecule has 23 heavy (non-hydrogen) atoms. The Labute approximate surface area is 147 Å². The van der Waals surface area contributed by atoms with E-state index in [-0.39, 0.29) is 11.0 Å². The number of aryl methyl sites for hydroxylation is 1. The zero-order chi connectivity index (χ0) is 16.2. The Morgan fingerprint density at radius 2 is 1.70 bits per heavy atom. The van der Waals surface area contributed by atoms with Gasteiger partial charge in [-0.3, -0.25) is 0 Å². The summed E-state index contributed by atoms with van der Waals surface area (Å²) in [7, 11) is 0. The third-order valence-electron chi connectivity index (χ3n) is 6.40. The van der Waals surface area contributed by atoms with E-state index in [1.165, 1.54) is 52.7 Å². The quantitative estimate of drug-likeness (QED) is 0.554. The maximum atomic E-state index is 3.76. The summed E-state index contributed by atoms with van der Waals surface area (Å²) in [6, 6.07) is 15.7. The van der Waals surface area contributed by atoms with E-state index in [0.717, 1.165) is 0 Å². The molecule has 0 aromatic heterocycles. The van der Waals surface area contributed by atoms with Gasteiger partial charge in [0.2, 0.25) is 0 Å². The molecule has 4 rings (SSSR count). The Balaban J connectivity index is 2.01. The molecular weight excluding hydrogens is 346 g/mol. The number of hydrogen-bond donors (Lipinski definition) is 0. The number of halogens is 1. The molecular formula is C21H24BrN. The molecule has 120 valence electrons. The van der Waals surface area contributed by atoms with Gasteiger partial charge >= 0.3 is 0 Å². The van der Waals surface area contributed by atoms with Crippen molar-refractivity contribution in [3.05, 3.63) is 58.1 Å². The smallest absolute Gasteiger partial charge is 0.0517 e. The average Bonchev–Trinajstić information content (AvgIpc) is 2.73. The van der Waals surface area contributed by atoms with Gasteiger partial charge in [-0.05, 0) is 62.1 Å². The molecule has 1 saturated carbocycles. The number of nitrogens with zero attached hydrogens (tertiary/aromatic N) is 1. The second-order valence-corrected chi connectivity index (χ2v) is 8.46. The van der Waals surface area contributed by atoms with Crippen LogP contribution in [0.2, 0.25) is 0 Å². The van der Waals surface area contributed by atoms with Gasteiger partial charge in [0.05, 0.1) is 5.54 Å². The summed E-state index contributed by atoms with van der Waals surface area (Å²) >= 11 is 3.76. The van der Waals surface area contributed by atoms with E-state index in [2.05, 4.69) is 84.1 Å². The number of anilines is 2. The van der Waals surface area contributed by atoms with E-state index in [4.69, 9.17) is 0 Å². The van der Waals surface area contributed by atoms with Gasteiger partial charge in [-0.15, -0.1) is 0 Å². The van der Waals surface area contributed by atoms with Gasteiger partial charge in [0, 0.05) is 21.3 Å². The van der Waals surface area contributed by atoms with Crippen LogP contribution in [0.5, 0.6) is 0 Å². The molecule has 0 N–H and O–H groups in total. The van der Waals surface area contributed by atoms with Gasteiger partial charge in [0.15, 0.2) is 0 Å². The van der Waals surface area contributed by atoms with E-state index in [1.54, 1.807) is 0 Å². The predicted molar refractivity (Wildman–Crippen MR) is 102 cm³/mol. The third kappa shape index (κ3) is 1.97. The van der Waals surface area contributed by atoms with Crippen LogP contribution in [0, 0.1) is 6.92 Å². The molecule has 0 radical (unpaired) electrons. The lowest BCUT2D eigenvalue weighted by Crippen LogP contribution is -2.54. The summed E-state index contributed by atoms with van der Waals surface area (Å²) < 4.78 is 1.24. The van der Waals surface area contributed by atoms with Crippen LogP contribution in [0.1, 0.15) is 50.7 Å². The topological polar surface area (TPSA) is 3.24 Å². The van der Waals surface area contributed by atoms with Crippen LogP contribution in [-0.4, -0.2) is 5.54 Å². The zero-order valence-corrected chi connectivity index (χ0v) is 15.8. The third-order valence-corrected chi connectivity index (χ3v) is 7.25. The average molecular weight is 370 g/mol. The molecule has 2 aromatic carbocycles. The maximum Gasteiger partial charge on any atom is 0.0517 e. The van der Waals surface area contributed by atoms with Crippen LogP contribution in [-0.2, 0) is 5.41 Å². The van der Waals surface area contributed by atoms with Crippen LogP contribution < -0.4 is 4.90 Å². The first-order chi connectivity index (χ1) is 11.0. The number of benzene rings is 2. The standard InChI is InChI=1S/C21H24BrN/c1-15-13-19-17(14-18(15)22)20(2)11-7-8-12-21(20,3)23(19)16-9-5-4-6-10-16/h4-6,9-10,13-14H,7-8,11-12H2,1-3H3. The number of rotatable bonds is 1. The number of fused-ring (bicyclic) bond motifs is 3. The molecule has 1 nitrogen and oxygen atoms in total. The Bertz CT molecular complexity index is 754. The summed E-state index contributed by atoms with van der Waals surface area (Å²) in [5.74, 6) is 0. The molecule has 0 saturated heterocycles. The first-order valence-corrected chi connectivity index (χ1v) is 9.43. The van der Waals surface area contributed by atoms with Gasteiger partial charge in [0.25, 0.3) is 0 Å². The van der Waals surface area contributed by atoms with Crippen molar-refractivity contribution in [2.24, 2.45) is 0 Å². The summed E-state index contributed by atoms with van der Waals surface area (Å²) in [6.45, 7) is 7.15. The molecule has 2 aliphatic rings. The van der Waals surface area contributed by atoms with E-state index >= 15 is 0 Å². The van der Waals surface area contributed by atoms with Gasteiger partial charge in [0.1, 0.15) is 0 Å². The Morgan fingerprint density at radius 1 is 1.00 bits per heavy atom. The van der Waals surface area contributed by atoms with Gasteiger partial charge in [-0.25, -0.2) is 0 Å². The molecule has 1 aliphatic heterocycles. The Kier molecular flexibility index (Phi) is 3.39. The van der Waals surface area contributed by atoms with Crippen LogP contribution in [0.25, 0.3) is 0 Å². The second-order valence-electron chi connectivity index (χ2n) is 7.60. The summed E-state index contributed by atoms with van der Waals surface area (Å²) in [5.41, 5.74) is 5.93. The first kappa shape index (κ1) is 15.3. The van der Waals surface area contributed by atoms with E-state index in [9.17, 15) is 0 Å². The largest absolute Gasteiger partial charge is 0.334 e. The highest BCUT2D eigenvalue weighted by molar-refractivity contribution is 9.10. The van der Waals surface area contributed by atoms with Crippen molar-refractivity contribution < 1.29 is 0 Å². The number of para-hydroxylation sites is 1. The first-order valence-electron chi connectivity index (χ1n) is 8.63. The number of hydrogen-bond acceptors (Lipinski definition) is 1. The molecule has 0 amide bonds. The Morgan fingerprint density at radius 3 is 2.43 bits per heavy atom. The lowest BCUT2D eigenvalue weighted by molar-refractivity contribution is 0.195. The molecule has 2 atom stereocenters. The fraction of sp³-hybridized carbons (Fsp3) is 0.429. The van der Waals surface area contributed by atoms with Crippen LogP contribution in [0.15, 0.2) is 46.9 Å². The normalized spacial score (nSPS) is 29.3. The van der Waals surface area contributed by atoms with Crippen molar-refractivity contribution in [2.45, 2.75) is 57.4 Å². The minimum atomic E-state index is 0.155. The van der Waals surface area contributed by atoms with Gasteiger partial charge in [-0.2, -0.15) is 0 Å². The van der Waals surface area contributed by atoms with E-state index in [1.807, 2.05) is 0 Å². The molecule has 1 heterocycles. The van der Waals surface area contributed by atoms with Crippen LogP contribution in [0.3, 0.4) is 0 Å². The van der Waals surface area contributed by atoms with Gasteiger partial charge in [-0.1, -0.05) is 53.9 Å². The molecule has 1 aliphatic carbocycles. The fourth-order valence-electron chi connectivity index (χ4n) is 4.84. The molecule has 2 unspecified atom stereocenters. The van der Waals surface area contributed by atoms with Crippen molar-refractivity contribution in [3.63, 3.8) is 0 Å². The minimum Gasteiger partial charge on any atom is -0.334 e. The summed E-state index contributed by atoms with van der Waals surface area (Å²) in [4.78, 5) is 2.63. The molecule has 0 bridgehead atoms. The highest BCUT2D eigenvalue weighted by Gasteiger charge is 2.57. The van der Waals surface area contributed by atoms with Crippen molar-refractivity contribution in [1.82, 2.24) is 0 Å². The lowest BCUT2D eigenvalue weighted by atomic mass is 9.61. The fourth-order valence-corrected chi connectivity index (χ4v) is 5.18.